The van der Waals surface area contributed by atoms with E-state index in [-0.39, 0.29) is 0 Å². The SMILES string of the molecule is Cc1ccccc1N(c1ccc2cc3c(cc2c1)oc1cc2c(oc4cc5cc(N(c6ccccc6C)c6c(C)ccc7c6oc6ccccc67)ccc5cc42)c(C)c13)c1cccc2c1oc1ccccc12. The molecule has 0 aliphatic heterocycles. The van der Waals surface area contributed by atoms with E-state index in [9.17, 15) is 0 Å². The highest BCUT2D eigenvalue weighted by atomic mass is 16.3. The van der Waals surface area contributed by atoms with E-state index in [1.165, 1.54) is 5.56 Å². The maximum Gasteiger partial charge on any atom is 0.159 e. The largest absolute Gasteiger partial charge is 0.456 e. The van der Waals surface area contributed by atoms with E-state index in [0.29, 0.717) is 0 Å². The lowest BCUT2D eigenvalue weighted by atomic mass is 9.99. The fourth-order valence-corrected chi connectivity index (χ4v) is 11.6. The van der Waals surface area contributed by atoms with Crippen LogP contribution >= 0.6 is 0 Å². The number of benzene rings is 11. The molecule has 72 heavy (non-hydrogen) atoms. The number of nitrogens with zero attached hydrogens (tertiary/aromatic N) is 2. The molecule has 0 fully saturated rings. The van der Waals surface area contributed by atoms with Crippen LogP contribution in [0.2, 0.25) is 0 Å². The molecule has 4 aromatic heterocycles. The Hall–Kier alpha value is -9.26. The number of hydrogen-bond donors (Lipinski definition) is 0. The molecular formula is C66H44N2O4. The predicted octanol–water partition coefficient (Wildman–Crippen LogP) is 19.8. The fourth-order valence-electron chi connectivity index (χ4n) is 11.6. The van der Waals surface area contributed by atoms with Crippen LogP contribution in [-0.4, -0.2) is 0 Å². The molecule has 0 aliphatic carbocycles. The first-order valence-corrected chi connectivity index (χ1v) is 24.6. The van der Waals surface area contributed by atoms with Crippen molar-refractivity contribution < 1.29 is 17.7 Å². The van der Waals surface area contributed by atoms with Crippen LogP contribution < -0.4 is 9.80 Å². The van der Waals surface area contributed by atoms with Crippen molar-refractivity contribution >= 4 is 143 Å². The Labute approximate surface area is 413 Å². The highest BCUT2D eigenvalue weighted by Crippen LogP contribution is 2.48. The molecule has 0 atom stereocenters. The average molecular weight is 929 g/mol. The zero-order valence-electron chi connectivity index (χ0n) is 40.0. The quantitative estimate of drug-likeness (QED) is 0.166. The van der Waals surface area contributed by atoms with E-state index >= 15 is 0 Å². The second-order valence-electron chi connectivity index (χ2n) is 19.4. The zero-order chi connectivity index (χ0) is 47.9. The number of anilines is 6. The zero-order valence-corrected chi connectivity index (χ0v) is 40.0. The van der Waals surface area contributed by atoms with Gasteiger partial charge in [0.05, 0.1) is 11.4 Å². The van der Waals surface area contributed by atoms with Gasteiger partial charge >= 0.3 is 0 Å². The van der Waals surface area contributed by atoms with Gasteiger partial charge in [-0.1, -0.05) is 109 Å². The molecule has 0 N–H and O–H groups in total. The maximum atomic E-state index is 6.91. The van der Waals surface area contributed by atoms with Crippen LogP contribution in [0, 0.1) is 27.7 Å². The molecule has 6 heteroatoms. The fraction of sp³-hybridized carbons (Fsp3) is 0.0606. The van der Waals surface area contributed by atoms with E-state index in [0.717, 1.165) is 160 Å². The highest BCUT2D eigenvalue weighted by Gasteiger charge is 2.25. The summed E-state index contributed by atoms with van der Waals surface area (Å²) in [5, 5.41) is 13.0. The Kier molecular flexibility index (Phi) is 8.53. The highest BCUT2D eigenvalue weighted by molar-refractivity contribution is 6.20. The van der Waals surface area contributed by atoms with Gasteiger partial charge in [0.2, 0.25) is 0 Å². The third kappa shape index (κ3) is 5.90. The topological polar surface area (TPSA) is 59.0 Å². The number of fused-ring (bicyclic) bond motifs is 14. The normalized spacial score (nSPS) is 12.2. The number of rotatable bonds is 6. The minimum absolute atomic E-state index is 0.835. The molecule has 342 valence electrons. The first-order chi connectivity index (χ1) is 35.3. The Morgan fingerprint density at radius 1 is 0.292 bits per heavy atom. The number of hydrogen-bond acceptors (Lipinski definition) is 6. The van der Waals surface area contributed by atoms with E-state index in [2.05, 4.69) is 207 Å². The van der Waals surface area contributed by atoms with Crippen molar-refractivity contribution in [3.63, 3.8) is 0 Å². The second kappa shape index (κ2) is 15.1. The van der Waals surface area contributed by atoms with Gasteiger partial charge in [0.25, 0.3) is 0 Å². The second-order valence-corrected chi connectivity index (χ2v) is 19.4. The van der Waals surface area contributed by atoms with E-state index in [1.54, 1.807) is 0 Å². The first kappa shape index (κ1) is 40.6. The van der Waals surface area contributed by atoms with Crippen LogP contribution in [0.3, 0.4) is 0 Å². The monoisotopic (exact) mass is 928 g/mol. The number of furan rings is 4. The Balaban J connectivity index is 0.858. The lowest BCUT2D eigenvalue weighted by molar-refractivity contribution is 0.662. The molecule has 0 spiro atoms. The summed E-state index contributed by atoms with van der Waals surface area (Å²) in [6, 6.07) is 69.0. The van der Waals surface area contributed by atoms with Gasteiger partial charge in [-0.2, -0.15) is 0 Å². The number of aryl methyl sites for hydroxylation is 4. The van der Waals surface area contributed by atoms with Crippen LogP contribution in [0.5, 0.6) is 0 Å². The van der Waals surface area contributed by atoms with Crippen LogP contribution in [0.25, 0.3) is 109 Å². The van der Waals surface area contributed by atoms with Crippen LogP contribution in [0.1, 0.15) is 22.3 Å². The van der Waals surface area contributed by atoms with Crippen molar-refractivity contribution in [2.24, 2.45) is 0 Å². The summed E-state index contributed by atoms with van der Waals surface area (Å²) in [7, 11) is 0. The van der Waals surface area contributed by atoms with Gasteiger partial charge in [0.1, 0.15) is 33.5 Å². The van der Waals surface area contributed by atoms with Gasteiger partial charge < -0.3 is 27.5 Å². The lowest BCUT2D eigenvalue weighted by Crippen LogP contribution is -2.13. The molecule has 0 radical (unpaired) electrons. The van der Waals surface area contributed by atoms with Crippen LogP contribution in [0.4, 0.5) is 34.1 Å². The van der Waals surface area contributed by atoms with E-state index in [4.69, 9.17) is 17.7 Å². The van der Waals surface area contributed by atoms with E-state index < -0.39 is 0 Å². The molecule has 0 saturated heterocycles. The molecule has 0 bridgehead atoms. The van der Waals surface area contributed by atoms with Crippen LogP contribution in [-0.2, 0) is 0 Å². The molecule has 6 nitrogen and oxygen atoms in total. The summed E-state index contributed by atoms with van der Waals surface area (Å²) in [4.78, 5) is 4.68. The van der Waals surface area contributed by atoms with Crippen molar-refractivity contribution in [1.29, 1.82) is 0 Å². The van der Waals surface area contributed by atoms with Crippen molar-refractivity contribution in [2.75, 3.05) is 9.80 Å². The van der Waals surface area contributed by atoms with Crippen molar-refractivity contribution in [1.82, 2.24) is 0 Å². The molecular weight excluding hydrogens is 885 g/mol. The molecule has 0 saturated carbocycles. The standard InChI is InChI=1S/C66H44N2O4/c1-37-14-5-9-19-54(37)67(56-21-13-18-49-47-16-7-11-22-57(47)70-65(49)56)45-27-25-42-33-53-60(35-43(42)30-45)69-61-36-52-51-32-41-26-28-46(31-44(41)34-59(51)72-64(52)40(4)62(53)61)68(55-20-10-6-15-38(55)2)63-39(3)24-29-50-48-17-8-12-23-58(48)71-66(50)63/h5-36H,1-4H3. The molecule has 11 aromatic carbocycles. The summed E-state index contributed by atoms with van der Waals surface area (Å²) in [5.74, 6) is 0. The smallest absolute Gasteiger partial charge is 0.159 e. The first-order valence-electron chi connectivity index (χ1n) is 24.6. The summed E-state index contributed by atoms with van der Waals surface area (Å²) >= 11 is 0. The van der Waals surface area contributed by atoms with Gasteiger partial charge in [-0.15, -0.1) is 0 Å². The van der Waals surface area contributed by atoms with Crippen molar-refractivity contribution in [2.45, 2.75) is 27.7 Å². The summed E-state index contributed by atoms with van der Waals surface area (Å²) in [6.07, 6.45) is 0. The van der Waals surface area contributed by atoms with Gasteiger partial charge in [-0.3, -0.25) is 0 Å². The number of para-hydroxylation sites is 5. The molecule has 0 unspecified atom stereocenters. The van der Waals surface area contributed by atoms with Crippen LogP contribution in [0.15, 0.2) is 212 Å². The summed E-state index contributed by atoms with van der Waals surface area (Å²) in [5.41, 5.74) is 17.6. The van der Waals surface area contributed by atoms with Crippen molar-refractivity contribution in [3.05, 3.63) is 216 Å². The minimum atomic E-state index is 0.835. The Bertz CT molecular complexity index is 4770. The molecule has 0 amide bonds. The third-order valence-corrected chi connectivity index (χ3v) is 15.1. The van der Waals surface area contributed by atoms with Gasteiger partial charge in [-0.25, -0.2) is 0 Å². The van der Waals surface area contributed by atoms with Crippen molar-refractivity contribution in [3.8, 4) is 0 Å². The van der Waals surface area contributed by atoms with Gasteiger partial charge in [0, 0.05) is 71.4 Å². The van der Waals surface area contributed by atoms with Gasteiger partial charge in [0.15, 0.2) is 11.2 Å². The molecule has 0 aliphatic rings. The summed E-state index contributed by atoms with van der Waals surface area (Å²) in [6.45, 7) is 8.66. The minimum Gasteiger partial charge on any atom is -0.456 e. The third-order valence-electron chi connectivity index (χ3n) is 15.1. The average Bonchev–Trinajstić information content (AvgIpc) is 4.17. The lowest BCUT2D eigenvalue weighted by Gasteiger charge is -2.28. The molecule has 15 aromatic rings. The maximum absolute atomic E-state index is 6.91. The molecule has 4 heterocycles. The van der Waals surface area contributed by atoms with Gasteiger partial charge in [-0.05, 0) is 151 Å². The Morgan fingerprint density at radius 3 is 1.53 bits per heavy atom. The molecule has 15 rings (SSSR count). The Morgan fingerprint density at radius 2 is 0.833 bits per heavy atom. The predicted molar refractivity (Wildman–Crippen MR) is 299 cm³/mol. The summed E-state index contributed by atoms with van der Waals surface area (Å²) < 4.78 is 27.1. The van der Waals surface area contributed by atoms with E-state index in [1.807, 2.05) is 24.3 Å².